The van der Waals surface area contributed by atoms with E-state index in [1.54, 1.807) is 19.9 Å². The summed E-state index contributed by atoms with van der Waals surface area (Å²) in [5.74, 6) is -0.285. The van der Waals surface area contributed by atoms with E-state index in [9.17, 15) is 18.3 Å². The van der Waals surface area contributed by atoms with Gasteiger partial charge in [0.15, 0.2) is 0 Å². The van der Waals surface area contributed by atoms with Gasteiger partial charge >= 0.3 is 6.18 Å². The van der Waals surface area contributed by atoms with Crippen LogP contribution in [0.3, 0.4) is 0 Å². The average Bonchev–Trinajstić information content (AvgIpc) is 2.77. The van der Waals surface area contributed by atoms with Gasteiger partial charge in [0.25, 0.3) is 0 Å². The van der Waals surface area contributed by atoms with Crippen molar-refractivity contribution in [2.45, 2.75) is 38.7 Å². The number of H-pyrrole nitrogens is 1. The highest BCUT2D eigenvalue weighted by Gasteiger charge is 2.53. The molecule has 1 aromatic heterocycles. The Hall–Kier alpha value is -1.53. The lowest BCUT2D eigenvalue weighted by atomic mass is 9.99. The second kappa shape index (κ2) is 5.69. The fourth-order valence-electron chi connectivity index (χ4n) is 2.35. The van der Waals surface area contributed by atoms with Gasteiger partial charge in [-0.05, 0) is 23.4 Å². The predicted octanol–water partition coefficient (Wildman–Crippen LogP) is 3.55. The zero-order valence-electron chi connectivity index (χ0n) is 12.0. The molecule has 3 nitrogen and oxygen atoms in total. The van der Waals surface area contributed by atoms with E-state index in [-0.39, 0.29) is 12.5 Å². The van der Waals surface area contributed by atoms with E-state index in [2.05, 4.69) is 10.3 Å². The predicted molar refractivity (Wildman–Crippen MR) is 75.6 cm³/mol. The van der Waals surface area contributed by atoms with Gasteiger partial charge in [-0.25, -0.2) is 0 Å². The minimum atomic E-state index is -4.72. The Morgan fingerprint density at radius 3 is 2.48 bits per heavy atom. The summed E-state index contributed by atoms with van der Waals surface area (Å²) >= 11 is 0. The van der Waals surface area contributed by atoms with Crippen LogP contribution in [0.1, 0.15) is 26.0 Å². The number of nitrogens with one attached hydrogen (secondary N) is 2. The van der Waals surface area contributed by atoms with Crippen LogP contribution in [0.15, 0.2) is 30.3 Å². The first kappa shape index (κ1) is 15.9. The van der Waals surface area contributed by atoms with Crippen LogP contribution in [-0.4, -0.2) is 22.0 Å². The van der Waals surface area contributed by atoms with Crippen molar-refractivity contribution in [1.29, 1.82) is 0 Å². The molecule has 3 N–H and O–H groups in total. The van der Waals surface area contributed by atoms with Crippen LogP contribution < -0.4 is 5.32 Å². The molecule has 6 heteroatoms. The number of aromatic nitrogens is 1. The third-order valence-corrected chi connectivity index (χ3v) is 3.33. The Morgan fingerprint density at radius 2 is 1.90 bits per heavy atom. The van der Waals surface area contributed by atoms with Gasteiger partial charge in [0.05, 0.1) is 0 Å². The summed E-state index contributed by atoms with van der Waals surface area (Å²) in [7, 11) is 0. The molecule has 0 saturated carbocycles. The fraction of sp³-hybridized carbons (Fsp3) is 0.467. The van der Waals surface area contributed by atoms with Crippen LogP contribution in [-0.2, 0) is 6.54 Å². The highest BCUT2D eigenvalue weighted by molar-refractivity contribution is 5.80. The Labute approximate surface area is 121 Å². The number of benzene rings is 1. The van der Waals surface area contributed by atoms with Crippen molar-refractivity contribution >= 4 is 10.9 Å². The molecule has 0 spiro atoms. The fourth-order valence-corrected chi connectivity index (χ4v) is 2.35. The number of rotatable bonds is 5. The summed E-state index contributed by atoms with van der Waals surface area (Å²) in [6, 6.07) is 9.20. The molecule has 0 aliphatic carbocycles. The van der Waals surface area contributed by atoms with Crippen molar-refractivity contribution in [3.63, 3.8) is 0 Å². The highest BCUT2D eigenvalue weighted by Crippen LogP contribution is 2.33. The molecule has 0 saturated heterocycles. The molecule has 1 heterocycles. The number of hydrogen-bond acceptors (Lipinski definition) is 2. The summed E-state index contributed by atoms with van der Waals surface area (Å²) in [6.07, 6.45) is -5.11. The number of aromatic amines is 1. The summed E-state index contributed by atoms with van der Waals surface area (Å²) in [5.41, 5.74) is -1.42. The maximum atomic E-state index is 13.0. The van der Waals surface area contributed by atoms with Gasteiger partial charge in [0.1, 0.15) is 0 Å². The van der Waals surface area contributed by atoms with E-state index < -0.39 is 18.3 Å². The third kappa shape index (κ3) is 3.57. The summed E-state index contributed by atoms with van der Waals surface area (Å²) in [4.78, 5) is 3.03. The molecule has 0 bridgehead atoms. The van der Waals surface area contributed by atoms with E-state index >= 15 is 0 Å². The van der Waals surface area contributed by atoms with Crippen molar-refractivity contribution in [2.75, 3.05) is 0 Å². The van der Waals surface area contributed by atoms with E-state index in [0.717, 1.165) is 10.9 Å². The van der Waals surface area contributed by atoms with Gasteiger partial charge in [-0.2, -0.15) is 13.2 Å². The zero-order valence-corrected chi connectivity index (χ0v) is 12.0. The first-order valence-corrected chi connectivity index (χ1v) is 6.82. The van der Waals surface area contributed by atoms with Crippen molar-refractivity contribution in [2.24, 2.45) is 5.92 Å². The molecule has 0 aliphatic heterocycles. The standard InChI is InChI=1S/C15H19F3N2O/c1-10(2)8-14(21,15(16,17)18)19-9-12-7-11-5-3-4-6-13(11)20-12/h3-7,10,19-21H,8-9H2,1-2H3. The second-order valence-electron chi connectivity index (χ2n) is 5.69. The highest BCUT2D eigenvalue weighted by atomic mass is 19.4. The third-order valence-electron chi connectivity index (χ3n) is 3.33. The van der Waals surface area contributed by atoms with Crippen molar-refractivity contribution in [3.05, 3.63) is 36.0 Å². The molecule has 1 aromatic carbocycles. The first-order valence-electron chi connectivity index (χ1n) is 6.82. The minimum Gasteiger partial charge on any atom is -0.368 e. The second-order valence-corrected chi connectivity index (χ2v) is 5.69. The van der Waals surface area contributed by atoms with Gasteiger partial charge in [-0.3, -0.25) is 5.32 Å². The van der Waals surface area contributed by atoms with Crippen LogP contribution in [0.25, 0.3) is 10.9 Å². The molecular formula is C15H19F3N2O. The molecule has 1 atom stereocenters. The molecule has 0 aliphatic rings. The Balaban J connectivity index is 2.14. The number of halogens is 3. The first-order chi connectivity index (χ1) is 9.71. The quantitative estimate of drug-likeness (QED) is 0.740. The lowest BCUT2D eigenvalue weighted by molar-refractivity contribution is -0.279. The maximum Gasteiger partial charge on any atom is 0.430 e. The normalized spacial score (nSPS) is 15.6. The largest absolute Gasteiger partial charge is 0.430 e. The smallest absolute Gasteiger partial charge is 0.368 e. The topological polar surface area (TPSA) is 48.0 Å². The number of aliphatic hydroxyl groups is 1. The van der Waals surface area contributed by atoms with E-state index in [4.69, 9.17) is 0 Å². The zero-order chi connectivity index (χ0) is 15.7. The molecule has 2 rings (SSSR count). The number of hydrogen-bond donors (Lipinski definition) is 3. The number of alkyl halides is 3. The van der Waals surface area contributed by atoms with Gasteiger partial charge in [-0.1, -0.05) is 32.0 Å². The van der Waals surface area contributed by atoms with Crippen LogP contribution in [0.2, 0.25) is 0 Å². The molecule has 0 fully saturated rings. The lowest BCUT2D eigenvalue weighted by Crippen LogP contribution is -2.57. The Morgan fingerprint density at radius 1 is 1.24 bits per heavy atom. The van der Waals surface area contributed by atoms with Gasteiger partial charge in [0, 0.05) is 24.2 Å². The summed E-state index contributed by atoms with van der Waals surface area (Å²) < 4.78 is 39.1. The monoisotopic (exact) mass is 300 g/mol. The van der Waals surface area contributed by atoms with Crippen LogP contribution in [0.5, 0.6) is 0 Å². The molecule has 1 unspecified atom stereocenters. The molecule has 116 valence electrons. The number of fused-ring (bicyclic) bond motifs is 1. The van der Waals surface area contributed by atoms with Crippen molar-refractivity contribution in [1.82, 2.24) is 10.3 Å². The Bertz CT molecular complexity index is 573. The Kier molecular flexibility index (Phi) is 4.30. The molecule has 0 amide bonds. The lowest BCUT2D eigenvalue weighted by Gasteiger charge is -2.32. The van der Waals surface area contributed by atoms with Crippen LogP contribution >= 0.6 is 0 Å². The van der Waals surface area contributed by atoms with Crippen LogP contribution in [0, 0.1) is 5.92 Å². The maximum absolute atomic E-state index is 13.0. The summed E-state index contributed by atoms with van der Waals surface area (Å²) in [5, 5.41) is 13.1. The van der Waals surface area contributed by atoms with Crippen molar-refractivity contribution in [3.8, 4) is 0 Å². The van der Waals surface area contributed by atoms with E-state index in [1.165, 1.54) is 0 Å². The van der Waals surface area contributed by atoms with Gasteiger partial charge < -0.3 is 10.1 Å². The van der Waals surface area contributed by atoms with Gasteiger partial charge in [-0.15, -0.1) is 0 Å². The molecule has 0 radical (unpaired) electrons. The van der Waals surface area contributed by atoms with E-state index in [0.29, 0.717) is 5.69 Å². The minimum absolute atomic E-state index is 0.0859. The molecular weight excluding hydrogens is 281 g/mol. The summed E-state index contributed by atoms with van der Waals surface area (Å²) in [6.45, 7) is 3.19. The molecule has 2 aromatic rings. The van der Waals surface area contributed by atoms with E-state index in [1.807, 2.05) is 24.3 Å². The van der Waals surface area contributed by atoms with Crippen molar-refractivity contribution < 1.29 is 18.3 Å². The SMILES string of the molecule is CC(C)CC(O)(NCc1cc2ccccc2[nH]1)C(F)(F)F. The molecule has 21 heavy (non-hydrogen) atoms. The average molecular weight is 300 g/mol. The number of para-hydroxylation sites is 1. The van der Waals surface area contributed by atoms with Crippen LogP contribution in [0.4, 0.5) is 13.2 Å². The van der Waals surface area contributed by atoms with Gasteiger partial charge in [0.2, 0.25) is 5.72 Å².